The first kappa shape index (κ1) is 17.1. The molecule has 1 saturated carbocycles. The summed E-state index contributed by atoms with van der Waals surface area (Å²) in [5.41, 5.74) is 4.19. The first-order chi connectivity index (χ1) is 12.7. The van der Waals surface area contributed by atoms with Crippen LogP contribution in [0.5, 0.6) is 0 Å². The molecule has 1 fully saturated rings. The van der Waals surface area contributed by atoms with Crippen molar-refractivity contribution in [1.82, 2.24) is 15.0 Å². The molecule has 2 aromatic carbocycles. The number of rotatable bonds is 5. The van der Waals surface area contributed by atoms with Crippen LogP contribution >= 0.6 is 11.6 Å². The van der Waals surface area contributed by atoms with Crippen LogP contribution in [0.15, 0.2) is 54.7 Å². The predicted octanol–water partition coefficient (Wildman–Crippen LogP) is 5.06. The Morgan fingerprint density at radius 3 is 2.88 bits per heavy atom. The van der Waals surface area contributed by atoms with Crippen LogP contribution in [-0.4, -0.2) is 21.0 Å². The zero-order valence-corrected chi connectivity index (χ0v) is 15.5. The number of nitrogens with zero attached hydrogens (tertiary/aromatic N) is 3. The molecule has 1 aliphatic carbocycles. The Kier molecular flexibility index (Phi) is 4.93. The second kappa shape index (κ2) is 7.50. The van der Waals surface area contributed by atoms with Crippen molar-refractivity contribution in [2.75, 3.05) is 5.32 Å². The molecule has 3 aromatic rings. The van der Waals surface area contributed by atoms with E-state index in [1.54, 1.807) is 0 Å². The second-order valence-corrected chi connectivity index (χ2v) is 7.37. The molecule has 1 heterocycles. The van der Waals surface area contributed by atoms with E-state index in [9.17, 15) is 0 Å². The molecule has 0 saturated heterocycles. The van der Waals surface area contributed by atoms with Gasteiger partial charge in [-0.15, -0.1) is 5.10 Å². The van der Waals surface area contributed by atoms with Crippen LogP contribution in [0, 0.1) is 12.3 Å². The summed E-state index contributed by atoms with van der Waals surface area (Å²) >= 11 is 6.06. The summed E-state index contributed by atoms with van der Waals surface area (Å²) in [6.07, 6.45) is 6.76. The molecule has 5 heteroatoms. The molecule has 133 valence electrons. The van der Waals surface area contributed by atoms with E-state index in [2.05, 4.69) is 53.2 Å². The highest BCUT2D eigenvalue weighted by molar-refractivity contribution is 6.30. The van der Waals surface area contributed by atoms with E-state index >= 15 is 0 Å². The molecule has 0 spiro atoms. The average molecular weight is 366 g/mol. The van der Waals surface area contributed by atoms with Crippen LogP contribution in [0.25, 0.3) is 11.3 Å². The Labute approximate surface area is 159 Å². The molecule has 1 aromatic heterocycles. The largest absolute Gasteiger partial charge is 0.382 e. The van der Waals surface area contributed by atoms with E-state index in [1.807, 2.05) is 35.1 Å². The standard InChI is InChI=1S/C21H22ClN4/c1-15-5-2-10-20(15)23-19-9-4-7-17(12-19)21-14-26(25-24-21)13-16-6-3-8-18(22)11-16/h3-9,11-12,14-15,20,23H,2,10,13H2,1H3. The van der Waals surface area contributed by atoms with Gasteiger partial charge in [0.05, 0.1) is 12.7 Å². The zero-order chi connectivity index (χ0) is 17.9. The highest BCUT2D eigenvalue weighted by Gasteiger charge is 2.23. The van der Waals surface area contributed by atoms with E-state index < -0.39 is 0 Å². The SMILES string of the molecule is CC1[CH]CCC1Nc1cccc(-c2cn(Cc3cccc(Cl)c3)nn2)c1. The molecule has 4 rings (SSSR count). The van der Waals surface area contributed by atoms with Crippen molar-refractivity contribution in [3.8, 4) is 11.3 Å². The number of halogens is 1. The molecular formula is C21H22ClN4. The fourth-order valence-corrected chi connectivity index (χ4v) is 3.70. The lowest BCUT2D eigenvalue weighted by molar-refractivity contribution is 0.610. The molecule has 26 heavy (non-hydrogen) atoms. The third-order valence-corrected chi connectivity index (χ3v) is 5.17. The summed E-state index contributed by atoms with van der Waals surface area (Å²) in [6.45, 7) is 2.93. The van der Waals surface area contributed by atoms with Gasteiger partial charge < -0.3 is 5.32 Å². The maximum atomic E-state index is 6.06. The van der Waals surface area contributed by atoms with Gasteiger partial charge in [-0.25, -0.2) is 4.68 Å². The highest BCUT2D eigenvalue weighted by atomic mass is 35.5. The van der Waals surface area contributed by atoms with Crippen LogP contribution in [0.3, 0.4) is 0 Å². The topological polar surface area (TPSA) is 42.7 Å². The average Bonchev–Trinajstić information content (AvgIpc) is 3.25. The third-order valence-electron chi connectivity index (χ3n) is 4.93. The summed E-state index contributed by atoms with van der Waals surface area (Å²) < 4.78 is 1.84. The van der Waals surface area contributed by atoms with Crippen molar-refractivity contribution in [3.05, 3.63) is 71.7 Å². The normalized spacial score (nSPS) is 19.6. The minimum absolute atomic E-state index is 0.517. The van der Waals surface area contributed by atoms with Gasteiger partial charge in [0.1, 0.15) is 5.69 Å². The number of nitrogens with one attached hydrogen (secondary N) is 1. The summed E-state index contributed by atoms with van der Waals surface area (Å²) in [4.78, 5) is 0. The lowest BCUT2D eigenvalue weighted by atomic mass is 10.1. The fraction of sp³-hybridized carbons (Fsp3) is 0.286. The fourth-order valence-electron chi connectivity index (χ4n) is 3.48. The smallest absolute Gasteiger partial charge is 0.113 e. The molecule has 2 atom stereocenters. The highest BCUT2D eigenvalue weighted by Crippen LogP contribution is 2.28. The molecule has 0 aliphatic heterocycles. The van der Waals surface area contributed by atoms with Crippen molar-refractivity contribution in [2.24, 2.45) is 5.92 Å². The van der Waals surface area contributed by atoms with E-state index in [0.717, 1.165) is 27.5 Å². The Morgan fingerprint density at radius 1 is 1.19 bits per heavy atom. The Bertz CT molecular complexity index is 889. The first-order valence-electron chi connectivity index (χ1n) is 9.02. The van der Waals surface area contributed by atoms with E-state index in [1.165, 1.54) is 12.8 Å². The maximum Gasteiger partial charge on any atom is 0.113 e. The molecule has 0 bridgehead atoms. The Hall–Kier alpha value is -2.33. The molecule has 0 amide bonds. The Balaban J connectivity index is 1.49. The van der Waals surface area contributed by atoms with E-state index in [4.69, 9.17) is 11.6 Å². The van der Waals surface area contributed by atoms with Gasteiger partial charge in [-0.05, 0) is 55.0 Å². The monoisotopic (exact) mass is 365 g/mol. The van der Waals surface area contributed by atoms with Gasteiger partial charge in [0.2, 0.25) is 0 Å². The molecule has 1 aliphatic rings. The summed E-state index contributed by atoms with van der Waals surface area (Å²) in [5.74, 6) is 0.609. The zero-order valence-electron chi connectivity index (χ0n) is 14.8. The maximum absolute atomic E-state index is 6.06. The lowest BCUT2D eigenvalue weighted by Gasteiger charge is -2.18. The van der Waals surface area contributed by atoms with Crippen molar-refractivity contribution >= 4 is 17.3 Å². The van der Waals surface area contributed by atoms with Crippen molar-refractivity contribution in [1.29, 1.82) is 0 Å². The van der Waals surface area contributed by atoms with Crippen LogP contribution in [0.1, 0.15) is 25.3 Å². The summed E-state index contributed by atoms with van der Waals surface area (Å²) in [7, 11) is 0. The van der Waals surface area contributed by atoms with Crippen LogP contribution < -0.4 is 5.32 Å². The van der Waals surface area contributed by atoms with Gasteiger partial charge in [-0.3, -0.25) is 0 Å². The number of anilines is 1. The second-order valence-electron chi connectivity index (χ2n) is 6.94. The summed E-state index contributed by atoms with van der Waals surface area (Å²) in [6, 6.07) is 16.7. The van der Waals surface area contributed by atoms with E-state index in [0.29, 0.717) is 18.5 Å². The third kappa shape index (κ3) is 3.91. The van der Waals surface area contributed by atoms with Crippen LogP contribution in [0.4, 0.5) is 5.69 Å². The predicted molar refractivity (Wildman–Crippen MR) is 106 cm³/mol. The van der Waals surface area contributed by atoms with E-state index in [-0.39, 0.29) is 0 Å². The summed E-state index contributed by atoms with van der Waals surface area (Å²) in [5, 5.41) is 13.0. The van der Waals surface area contributed by atoms with Gasteiger partial charge in [0.15, 0.2) is 0 Å². The molecule has 2 unspecified atom stereocenters. The number of aromatic nitrogens is 3. The molecular weight excluding hydrogens is 344 g/mol. The molecule has 1 radical (unpaired) electrons. The molecule has 4 nitrogen and oxygen atoms in total. The minimum Gasteiger partial charge on any atom is -0.382 e. The van der Waals surface area contributed by atoms with Crippen molar-refractivity contribution in [3.63, 3.8) is 0 Å². The van der Waals surface area contributed by atoms with Gasteiger partial charge in [0, 0.05) is 22.3 Å². The first-order valence-corrected chi connectivity index (χ1v) is 9.40. The van der Waals surface area contributed by atoms with Crippen molar-refractivity contribution in [2.45, 2.75) is 32.4 Å². The molecule has 1 N–H and O–H groups in total. The van der Waals surface area contributed by atoms with Gasteiger partial charge >= 0.3 is 0 Å². The van der Waals surface area contributed by atoms with Gasteiger partial charge in [-0.1, -0.05) is 48.0 Å². The van der Waals surface area contributed by atoms with Crippen molar-refractivity contribution < 1.29 is 0 Å². The Morgan fingerprint density at radius 2 is 2.08 bits per heavy atom. The minimum atomic E-state index is 0.517. The number of hydrogen-bond acceptors (Lipinski definition) is 3. The van der Waals surface area contributed by atoms with Crippen LogP contribution in [0.2, 0.25) is 5.02 Å². The quantitative estimate of drug-likeness (QED) is 0.687. The number of benzene rings is 2. The lowest BCUT2D eigenvalue weighted by Crippen LogP contribution is -2.21. The van der Waals surface area contributed by atoms with Crippen LogP contribution in [-0.2, 0) is 6.54 Å². The van der Waals surface area contributed by atoms with Gasteiger partial charge in [0.25, 0.3) is 0 Å². The number of hydrogen-bond donors (Lipinski definition) is 1. The van der Waals surface area contributed by atoms with Gasteiger partial charge in [-0.2, -0.15) is 0 Å².